The SMILES string of the molecule is CCOc1cccc(C2/C(=C(\O)c3ccc(F)cc3)C(=O)C(=O)N2c2nnc(SCc3ccccc3Cl)s2)c1. The topological polar surface area (TPSA) is 92.6 Å². The third-order valence-electron chi connectivity index (χ3n) is 5.96. The summed E-state index contributed by atoms with van der Waals surface area (Å²) in [5.74, 6) is -1.58. The third-order valence-corrected chi connectivity index (χ3v) is 8.43. The van der Waals surface area contributed by atoms with E-state index in [4.69, 9.17) is 16.3 Å². The predicted octanol–water partition coefficient (Wildman–Crippen LogP) is 6.65. The maximum absolute atomic E-state index is 13.5. The molecule has 2 heterocycles. The third kappa shape index (κ3) is 5.54. The number of Topliss-reactive ketones (excluding diaryl/α,β-unsaturated/α-hetero) is 1. The van der Waals surface area contributed by atoms with Gasteiger partial charge in [0.1, 0.15) is 17.3 Å². The molecule has 0 aliphatic carbocycles. The number of rotatable bonds is 8. The van der Waals surface area contributed by atoms with Gasteiger partial charge in [0.15, 0.2) is 4.34 Å². The lowest BCUT2D eigenvalue weighted by Gasteiger charge is -2.23. The molecule has 1 N–H and O–H groups in total. The summed E-state index contributed by atoms with van der Waals surface area (Å²) in [4.78, 5) is 28.0. The molecule has 1 unspecified atom stereocenters. The maximum Gasteiger partial charge on any atom is 0.301 e. The first-order valence-corrected chi connectivity index (χ1v) is 14.0. The number of aliphatic hydroxyl groups excluding tert-OH is 1. The van der Waals surface area contributed by atoms with Gasteiger partial charge in [0.2, 0.25) is 5.13 Å². The molecule has 0 spiro atoms. The van der Waals surface area contributed by atoms with Gasteiger partial charge in [0, 0.05) is 16.3 Å². The highest BCUT2D eigenvalue weighted by molar-refractivity contribution is 8.00. The van der Waals surface area contributed by atoms with Crippen molar-refractivity contribution in [3.63, 3.8) is 0 Å². The fourth-order valence-corrected chi connectivity index (χ4v) is 6.32. The van der Waals surface area contributed by atoms with E-state index in [1.165, 1.54) is 40.9 Å². The van der Waals surface area contributed by atoms with E-state index in [0.717, 1.165) is 16.9 Å². The Labute approximate surface area is 236 Å². The summed E-state index contributed by atoms with van der Waals surface area (Å²) in [6.45, 7) is 2.26. The van der Waals surface area contributed by atoms with Crippen molar-refractivity contribution in [1.29, 1.82) is 0 Å². The van der Waals surface area contributed by atoms with E-state index in [9.17, 15) is 19.1 Å². The first-order valence-electron chi connectivity index (χ1n) is 11.9. The second kappa shape index (κ2) is 11.6. The number of anilines is 1. The molecule has 1 aliphatic rings. The average Bonchev–Trinajstić information content (AvgIpc) is 3.50. The van der Waals surface area contributed by atoms with Crippen LogP contribution in [0.3, 0.4) is 0 Å². The number of ketones is 1. The molecule has 5 rings (SSSR count). The quantitative estimate of drug-likeness (QED) is 0.0819. The van der Waals surface area contributed by atoms with E-state index in [1.54, 1.807) is 30.3 Å². The molecule has 4 aromatic rings. The molecule has 0 bridgehead atoms. The summed E-state index contributed by atoms with van der Waals surface area (Å²) in [6, 6.07) is 18.4. The molecular formula is C28H21ClFN3O4S2. The van der Waals surface area contributed by atoms with Crippen LogP contribution in [0.25, 0.3) is 5.76 Å². The van der Waals surface area contributed by atoms with Crippen LogP contribution in [0, 0.1) is 5.82 Å². The Kier molecular flexibility index (Phi) is 7.97. The van der Waals surface area contributed by atoms with Gasteiger partial charge in [-0.15, -0.1) is 10.2 Å². The van der Waals surface area contributed by atoms with Crippen LogP contribution in [0.15, 0.2) is 82.7 Å². The molecule has 0 radical (unpaired) electrons. The number of amides is 1. The molecule has 1 amide bonds. The van der Waals surface area contributed by atoms with Crippen molar-refractivity contribution in [3.05, 3.63) is 106 Å². The smallest absolute Gasteiger partial charge is 0.301 e. The zero-order chi connectivity index (χ0) is 27.5. The van der Waals surface area contributed by atoms with Crippen molar-refractivity contribution in [2.45, 2.75) is 23.1 Å². The number of aromatic nitrogens is 2. The van der Waals surface area contributed by atoms with Gasteiger partial charge < -0.3 is 9.84 Å². The predicted molar refractivity (Wildman–Crippen MR) is 150 cm³/mol. The van der Waals surface area contributed by atoms with E-state index in [-0.39, 0.29) is 16.3 Å². The van der Waals surface area contributed by atoms with Crippen molar-refractivity contribution in [2.24, 2.45) is 0 Å². The van der Waals surface area contributed by atoms with Gasteiger partial charge >= 0.3 is 5.91 Å². The molecule has 0 saturated carbocycles. The minimum Gasteiger partial charge on any atom is -0.507 e. The molecule has 1 saturated heterocycles. The highest BCUT2D eigenvalue weighted by Gasteiger charge is 2.48. The van der Waals surface area contributed by atoms with Crippen molar-refractivity contribution in [3.8, 4) is 5.75 Å². The lowest BCUT2D eigenvalue weighted by molar-refractivity contribution is -0.132. The first-order chi connectivity index (χ1) is 18.9. The van der Waals surface area contributed by atoms with Gasteiger partial charge in [-0.2, -0.15) is 0 Å². The monoisotopic (exact) mass is 581 g/mol. The number of ether oxygens (including phenoxy) is 1. The Morgan fingerprint density at radius 3 is 2.62 bits per heavy atom. The lowest BCUT2D eigenvalue weighted by Crippen LogP contribution is -2.29. The van der Waals surface area contributed by atoms with Crippen LogP contribution in [-0.4, -0.2) is 33.6 Å². The largest absolute Gasteiger partial charge is 0.507 e. The summed E-state index contributed by atoms with van der Waals surface area (Å²) in [5, 5.41) is 20.4. The summed E-state index contributed by atoms with van der Waals surface area (Å²) in [6.07, 6.45) is 0. The Balaban J connectivity index is 1.56. The Bertz CT molecular complexity index is 1580. The summed E-state index contributed by atoms with van der Waals surface area (Å²) < 4.78 is 19.7. The number of benzene rings is 3. The molecule has 11 heteroatoms. The maximum atomic E-state index is 13.5. The number of carbonyl (C=O) groups excluding carboxylic acids is 2. The lowest BCUT2D eigenvalue weighted by atomic mass is 9.95. The zero-order valence-electron chi connectivity index (χ0n) is 20.5. The van der Waals surface area contributed by atoms with Crippen LogP contribution >= 0.6 is 34.7 Å². The molecule has 39 heavy (non-hydrogen) atoms. The Morgan fingerprint density at radius 2 is 1.87 bits per heavy atom. The van der Waals surface area contributed by atoms with Crippen LogP contribution in [0.1, 0.15) is 29.7 Å². The molecule has 1 aliphatic heterocycles. The second-order valence-corrected chi connectivity index (χ2v) is 11.0. The summed E-state index contributed by atoms with van der Waals surface area (Å²) >= 11 is 8.82. The van der Waals surface area contributed by atoms with E-state index < -0.39 is 29.3 Å². The van der Waals surface area contributed by atoms with E-state index in [1.807, 2.05) is 25.1 Å². The molecule has 1 fully saturated rings. The highest BCUT2D eigenvalue weighted by atomic mass is 35.5. The van der Waals surface area contributed by atoms with E-state index in [0.29, 0.717) is 33.0 Å². The number of nitrogens with zero attached hydrogens (tertiary/aromatic N) is 3. The minimum absolute atomic E-state index is 0.138. The van der Waals surface area contributed by atoms with Gasteiger partial charge in [0.05, 0.1) is 18.2 Å². The molecule has 7 nitrogen and oxygen atoms in total. The Hall–Kier alpha value is -3.73. The van der Waals surface area contributed by atoms with Crippen molar-refractivity contribution < 1.29 is 23.8 Å². The summed E-state index contributed by atoms with van der Waals surface area (Å²) in [5.41, 5.74) is 1.52. The van der Waals surface area contributed by atoms with Gasteiger partial charge in [-0.05, 0) is 60.5 Å². The average molecular weight is 582 g/mol. The molecule has 198 valence electrons. The van der Waals surface area contributed by atoms with Gasteiger partial charge in [-0.25, -0.2) is 4.39 Å². The van der Waals surface area contributed by atoms with Crippen molar-refractivity contribution in [2.75, 3.05) is 11.5 Å². The fourth-order valence-electron chi connectivity index (χ4n) is 4.16. The van der Waals surface area contributed by atoms with Gasteiger partial charge in [0.25, 0.3) is 5.78 Å². The van der Waals surface area contributed by atoms with Crippen LogP contribution in [0.4, 0.5) is 9.52 Å². The van der Waals surface area contributed by atoms with Crippen LogP contribution in [-0.2, 0) is 15.3 Å². The second-order valence-electron chi connectivity index (χ2n) is 8.41. The number of hydrogen-bond donors (Lipinski definition) is 1. The summed E-state index contributed by atoms with van der Waals surface area (Å²) in [7, 11) is 0. The normalized spacial score (nSPS) is 16.6. The number of hydrogen-bond acceptors (Lipinski definition) is 8. The van der Waals surface area contributed by atoms with Gasteiger partial charge in [-0.1, -0.05) is 65.0 Å². The number of aliphatic hydroxyl groups is 1. The number of halogens is 2. The number of carbonyl (C=O) groups is 2. The van der Waals surface area contributed by atoms with Gasteiger partial charge in [-0.3, -0.25) is 14.5 Å². The first kappa shape index (κ1) is 26.9. The highest BCUT2D eigenvalue weighted by Crippen LogP contribution is 2.44. The van der Waals surface area contributed by atoms with Crippen LogP contribution in [0.5, 0.6) is 5.75 Å². The molecule has 1 atom stereocenters. The zero-order valence-corrected chi connectivity index (χ0v) is 22.9. The van der Waals surface area contributed by atoms with Crippen molar-refractivity contribution in [1.82, 2.24) is 10.2 Å². The van der Waals surface area contributed by atoms with Crippen LogP contribution in [0.2, 0.25) is 5.02 Å². The fraction of sp³-hybridized carbons (Fsp3) is 0.143. The minimum atomic E-state index is -1.01. The Morgan fingerprint density at radius 1 is 1.10 bits per heavy atom. The molecular weight excluding hydrogens is 561 g/mol. The van der Waals surface area contributed by atoms with E-state index in [2.05, 4.69) is 10.2 Å². The van der Waals surface area contributed by atoms with Crippen molar-refractivity contribution >= 4 is 57.3 Å². The van der Waals surface area contributed by atoms with Crippen LogP contribution < -0.4 is 9.64 Å². The number of thioether (sulfide) groups is 1. The molecule has 3 aromatic carbocycles. The molecule has 1 aromatic heterocycles. The van der Waals surface area contributed by atoms with E-state index >= 15 is 0 Å². The standard InChI is InChI=1S/C28H21ClFN3O4S2/c1-2-37-20-8-5-7-17(14-20)23-22(24(34)16-10-12-19(30)13-11-16)25(35)26(36)33(23)27-31-32-28(39-27)38-15-18-6-3-4-9-21(18)29/h3-14,23,34H,2,15H2,1H3/b24-22+.